The SMILES string of the molecule is CCOP(=O)(OCC)[C@H](N[C@H](c1ccc2ccccc2c1)P(=O)(OCC)OCC)c1ccc2ccccc2c1. The summed E-state index contributed by atoms with van der Waals surface area (Å²) < 4.78 is 52.1. The van der Waals surface area contributed by atoms with Gasteiger partial charge in [0.25, 0.3) is 0 Å². The summed E-state index contributed by atoms with van der Waals surface area (Å²) in [5, 5.41) is 7.45. The third kappa shape index (κ3) is 6.70. The summed E-state index contributed by atoms with van der Waals surface area (Å²) >= 11 is 0. The first-order valence-electron chi connectivity index (χ1n) is 13.4. The third-order valence-electron chi connectivity index (χ3n) is 6.36. The number of nitrogens with one attached hydrogen (secondary N) is 1. The quantitative estimate of drug-likeness (QED) is 0.152. The third-order valence-corrected chi connectivity index (χ3v) is 11.0. The molecule has 0 radical (unpaired) electrons. The summed E-state index contributed by atoms with van der Waals surface area (Å²) in [6, 6.07) is 27.5. The van der Waals surface area contributed by atoms with Crippen LogP contribution >= 0.6 is 15.2 Å². The summed E-state index contributed by atoms with van der Waals surface area (Å²) in [5.74, 6) is -1.90. The molecule has 7 nitrogen and oxygen atoms in total. The Hall–Kier alpha value is -2.34. The smallest absolute Gasteiger partial charge is 0.308 e. The summed E-state index contributed by atoms with van der Waals surface area (Å²) in [4.78, 5) is 0. The van der Waals surface area contributed by atoms with Crippen molar-refractivity contribution in [2.24, 2.45) is 0 Å². The number of fused-ring (bicyclic) bond motifs is 2. The fourth-order valence-corrected chi connectivity index (χ4v) is 8.76. The highest BCUT2D eigenvalue weighted by atomic mass is 31.2. The molecule has 0 unspecified atom stereocenters. The van der Waals surface area contributed by atoms with E-state index in [-0.39, 0.29) is 26.4 Å². The van der Waals surface area contributed by atoms with Crippen LogP contribution in [0.5, 0.6) is 0 Å². The van der Waals surface area contributed by atoms with Gasteiger partial charge < -0.3 is 18.1 Å². The van der Waals surface area contributed by atoms with Gasteiger partial charge in [-0.1, -0.05) is 72.8 Å². The first kappa shape index (κ1) is 29.6. The van der Waals surface area contributed by atoms with Crippen molar-refractivity contribution in [1.29, 1.82) is 0 Å². The molecule has 4 aromatic carbocycles. The minimum absolute atomic E-state index is 0.179. The van der Waals surface area contributed by atoms with E-state index in [2.05, 4.69) is 5.32 Å². The maximum absolute atomic E-state index is 14.4. The van der Waals surface area contributed by atoms with E-state index in [1.165, 1.54) is 0 Å². The molecule has 39 heavy (non-hydrogen) atoms. The van der Waals surface area contributed by atoms with E-state index in [1.54, 1.807) is 27.7 Å². The molecule has 0 heterocycles. The zero-order chi connectivity index (χ0) is 27.9. The summed E-state index contributed by atoms with van der Waals surface area (Å²) in [7, 11) is -7.61. The number of hydrogen-bond acceptors (Lipinski definition) is 7. The molecule has 0 fully saturated rings. The van der Waals surface area contributed by atoms with Crippen molar-refractivity contribution in [2.45, 2.75) is 39.3 Å². The lowest BCUT2D eigenvalue weighted by atomic mass is 10.1. The monoisotopic (exact) mass is 569 g/mol. The molecule has 0 aliphatic rings. The highest BCUT2D eigenvalue weighted by molar-refractivity contribution is 7.55. The minimum Gasteiger partial charge on any atom is -0.308 e. The van der Waals surface area contributed by atoms with Gasteiger partial charge in [-0.25, -0.2) is 0 Å². The van der Waals surface area contributed by atoms with Gasteiger partial charge >= 0.3 is 15.2 Å². The zero-order valence-electron chi connectivity index (χ0n) is 22.9. The van der Waals surface area contributed by atoms with Gasteiger partial charge in [0, 0.05) is 0 Å². The van der Waals surface area contributed by atoms with Crippen LogP contribution in [0.3, 0.4) is 0 Å². The Balaban J connectivity index is 1.91. The first-order valence-corrected chi connectivity index (χ1v) is 16.6. The molecule has 9 heteroatoms. The van der Waals surface area contributed by atoms with Crippen LogP contribution in [-0.4, -0.2) is 26.4 Å². The largest absolute Gasteiger partial charge is 0.351 e. The van der Waals surface area contributed by atoms with Crippen LogP contribution in [0.25, 0.3) is 21.5 Å². The van der Waals surface area contributed by atoms with Crippen LogP contribution < -0.4 is 5.32 Å². The molecular formula is C30H37NO6P2. The fourth-order valence-electron chi connectivity index (χ4n) is 4.74. The zero-order valence-corrected chi connectivity index (χ0v) is 24.7. The van der Waals surface area contributed by atoms with Crippen molar-refractivity contribution >= 4 is 36.7 Å². The number of benzene rings is 4. The Morgan fingerprint density at radius 2 is 0.872 bits per heavy atom. The average molecular weight is 570 g/mol. The van der Waals surface area contributed by atoms with E-state index in [1.807, 2.05) is 84.9 Å². The van der Waals surface area contributed by atoms with Crippen molar-refractivity contribution in [2.75, 3.05) is 26.4 Å². The molecule has 0 aromatic heterocycles. The van der Waals surface area contributed by atoms with Crippen molar-refractivity contribution in [3.05, 3.63) is 96.1 Å². The Kier molecular flexibility index (Phi) is 10.1. The van der Waals surface area contributed by atoms with Crippen LogP contribution in [-0.2, 0) is 27.2 Å². The second-order valence-corrected chi connectivity index (χ2v) is 13.2. The second-order valence-electron chi connectivity index (χ2n) is 8.94. The maximum Gasteiger partial charge on any atom is 0.351 e. The van der Waals surface area contributed by atoms with E-state index in [9.17, 15) is 9.13 Å². The van der Waals surface area contributed by atoms with E-state index in [0.29, 0.717) is 11.1 Å². The molecule has 0 aliphatic heterocycles. The molecule has 2 atom stereocenters. The van der Waals surface area contributed by atoms with Gasteiger partial charge in [0.15, 0.2) is 0 Å². The van der Waals surface area contributed by atoms with Gasteiger partial charge in [0.05, 0.1) is 26.4 Å². The number of hydrogen-bond donors (Lipinski definition) is 1. The van der Waals surface area contributed by atoms with Crippen molar-refractivity contribution < 1.29 is 27.2 Å². The normalized spacial score (nSPS) is 14.1. The standard InChI is InChI=1S/C30H37NO6P2/c1-5-34-38(32,35-6-2)29(27-19-17-23-13-9-11-15-25(23)21-27)31-30(39(33,36-7-3)37-8-4)28-20-18-24-14-10-12-16-26(24)22-28/h9-22,29-31H,5-8H2,1-4H3/t29-,30-/m0/s1. The Bertz CT molecular complexity index is 1360. The molecule has 0 aliphatic carbocycles. The maximum atomic E-state index is 14.4. The highest BCUT2D eigenvalue weighted by Gasteiger charge is 2.45. The summed E-state index contributed by atoms with van der Waals surface area (Å²) in [5.41, 5.74) is 1.37. The van der Waals surface area contributed by atoms with Crippen LogP contribution in [0.15, 0.2) is 84.9 Å². The Morgan fingerprint density at radius 1 is 0.538 bits per heavy atom. The summed E-state index contributed by atoms with van der Waals surface area (Å²) in [6.45, 7) is 7.81. The van der Waals surface area contributed by atoms with E-state index in [0.717, 1.165) is 21.5 Å². The lowest BCUT2D eigenvalue weighted by molar-refractivity contribution is 0.196. The van der Waals surface area contributed by atoms with Gasteiger partial charge in [0.2, 0.25) is 0 Å². The lowest BCUT2D eigenvalue weighted by Crippen LogP contribution is -2.29. The van der Waals surface area contributed by atoms with Crippen LogP contribution in [0, 0.1) is 0 Å². The van der Waals surface area contributed by atoms with Crippen molar-refractivity contribution in [1.82, 2.24) is 5.32 Å². The molecule has 0 bridgehead atoms. The van der Waals surface area contributed by atoms with E-state index in [4.69, 9.17) is 18.1 Å². The molecule has 0 saturated carbocycles. The van der Waals surface area contributed by atoms with Gasteiger partial charge in [-0.3, -0.25) is 14.4 Å². The second kappa shape index (κ2) is 13.3. The molecule has 0 spiro atoms. The predicted molar refractivity (Wildman–Crippen MR) is 158 cm³/mol. The molecule has 4 aromatic rings. The van der Waals surface area contributed by atoms with Crippen LogP contribution in [0.1, 0.15) is 50.4 Å². The highest BCUT2D eigenvalue weighted by Crippen LogP contribution is 2.65. The number of rotatable bonds is 14. The predicted octanol–water partition coefficient (Wildman–Crippen LogP) is 8.81. The Morgan fingerprint density at radius 3 is 1.21 bits per heavy atom. The van der Waals surface area contributed by atoms with Gasteiger partial charge in [0.1, 0.15) is 11.6 Å². The van der Waals surface area contributed by atoms with Crippen LogP contribution in [0.4, 0.5) is 0 Å². The van der Waals surface area contributed by atoms with Gasteiger partial charge in [-0.2, -0.15) is 0 Å². The first-order chi connectivity index (χ1) is 18.9. The average Bonchev–Trinajstić information content (AvgIpc) is 2.93. The molecular weight excluding hydrogens is 532 g/mol. The van der Waals surface area contributed by atoms with E-state index < -0.39 is 26.8 Å². The minimum atomic E-state index is -3.80. The molecule has 208 valence electrons. The van der Waals surface area contributed by atoms with Gasteiger partial charge in [-0.05, 0) is 72.5 Å². The van der Waals surface area contributed by atoms with Gasteiger partial charge in [-0.15, -0.1) is 0 Å². The molecule has 1 N–H and O–H groups in total. The Labute approximate surface area is 230 Å². The van der Waals surface area contributed by atoms with Crippen LogP contribution in [0.2, 0.25) is 0 Å². The van der Waals surface area contributed by atoms with E-state index >= 15 is 0 Å². The fraction of sp³-hybridized carbons (Fsp3) is 0.333. The molecule has 0 saturated heterocycles. The summed E-state index contributed by atoms with van der Waals surface area (Å²) in [6.07, 6.45) is 0. The topological polar surface area (TPSA) is 83.1 Å². The van der Waals surface area contributed by atoms with Crippen molar-refractivity contribution in [3.63, 3.8) is 0 Å². The molecule has 4 rings (SSSR count). The van der Waals surface area contributed by atoms with Crippen molar-refractivity contribution in [3.8, 4) is 0 Å². The molecule has 0 amide bonds. The lowest BCUT2D eigenvalue weighted by Gasteiger charge is -2.34.